The number of carbonyl (C=O) groups excluding carboxylic acids is 1. The van der Waals surface area contributed by atoms with Crippen molar-refractivity contribution >= 4 is 23.6 Å². The van der Waals surface area contributed by atoms with Crippen molar-refractivity contribution < 1.29 is 14.7 Å². The fourth-order valence-corrected chi connectivity index (χ4v) is 2.62. The Bertz CT molecular complexity index is 665. The molecule has 1 aliphatic rings. The minimum atomic E-state index is -1.05. The Kier molecular flexibility index (Phi) is 2.41. The fraction of sp³-hybridized carbons (Fsp3) is 0.0909. The van der Waals surface area contributed by atoms with Gasteiger partial charge in [-0.3, -0.25) is 4.79 Å². The molecule has 2 heterocycles. The lowest BCUT2D eigenvalue weighted by molar-refractivity contribution is 0.0697. The molecule has 18 heavy (non-hydrogen) atoms. The lowest BCUT2D eigenvalue weighted by atomic mass is 10.1. The molecule has 0 spiro atoms. The summed E-state index contributed by atoms with van der Waals surface area (Å²) in [5.41, 5.74) is 0.511. The van der Waals surface area contributed by atoms with Crippen LogP contribution in [0.5, 0.6) is 0 Å². The summed E-state index contributed by atoms with van der Waals surface area (Å²) < 4.78 is 1.37. The van der Waals surface area contributed by atoms with Gasteiger partial charge in [0.25, 0.3) is 0 Å². The first-order chi connectivity index (χ1) is 8.68. The van der Waals surface area contributed by atoms with Crippen molar-refractivity contribution in [1.82, 2.24) is 14.8 Å². The first-order valence-corrected chi connectivity index (χ1v) is 6.11. The second-order valence-electron chi connectivity index (χ2n) is 3.67. The van der Waals surface area contributed by atoms with Gasteiger partial charge in [0, 0.05) is 5.56 Å². The smallest absolute Gasteiger partial charge is 0.336 e. The zero-order valence-electron chi connectivity index (χ0n) is 9.03. The van der Waals surface area contributed by atoms with Gasteiger partial charge in [-0.05, 0) is 6.07 Å². The summed E-state index contributed by atoms with van der Waals surface area (Å²) in [4.78, 5) is 22.9. The van der Waals surface area contributed by atoms with E-state index in [0.717, 1.165) is 0 Å². The molecular weight excluding hydrogens is 254 g/mol. The van der Waals surface area contributed by atoms with Crippen LogP contribution in [0, 0.1) is 0 Å². The molecule has 0 saturated carbocycles. The van der Waals surface area contributed by atoms with Gasteiger partial charge in [0.05, 0.1) is 11.3 Å². The zero-order chi connectivity index (χ0) is 12.7. The molecule has 3 rings (SSSR count). The van der Waals surface area contributed by atoms with Crippen molar-refractivity contribution in [1.29, 1.82) is 0 Å². The molecule has 0 bridgehead atoms. The van der Waals surface area contributed by atoms with E-state index in [-0.39, 0.29) is 17.3 Å². The predicted octanol–water partition coefficient (Wildman–Crippen LogP) is 1.39. The average Bonchev–Trinajstić information content (AvgIpc) is 2.93. The first-order valence-electron chi connectivity index (χ1n) is 5.12. The van der Waals surface area contributed by atoms with Crippen LogP contribution in [0.1, 0.15) is 15.2 Å². The molecule has 0 unspecified atom stereocenters. The van der Waals surface area contributed by atoms with Gasteiger partial charge < -0.3 is 5.11 Å². The predicted molar refractivity (Wildman–Crippen MR) is 63.8 cm³/mol. The van der Waals surface area contributed by atoms with Crippen LogP contribution in [0.2, 0.25) is 0 Å². The third kappa shape index (κ3) is 1.52. The number of thioether (sulfide) groups is 1. The highest BCUT2D eigenvalue weighted by atomic mass is 32.2. The van der Waals surface area contributed by atoms with E-state index >= 15 is 0 Å². The highest BCUT2D eigenvalue weighted by molar-refractivity contribution is 8.00. The third-order valence-electron chi connectivity index (χ3n) is 2.61. The topological polar surface area (TPSA) is 85.1 Å². The molecule has 0 aliphatic carbocycles. The Morgan fingerprint density at radius 2 is 2.11 bits per heavy atom. The fourth-order valence-electron chi connectivity index (χ4n) is 1.82. The SMILES string of the molecule is O=C(O)c1ccccc1-c1nnc2n1C(=O)CS2. The van der Waals surface area contributed by atoms with Crippen LogP contribution in [0.25, 0.3) is 11.4 Å². The van der Waals surface area contributed by atoms with E-state index in [1.807, 2.05) is 0 Å². The maximum Gasteiger partial charge on any atom is 0.336 e. The molecule has 2 aromatic rings. The molecule has 1 aromatic carbocycles. The van der Waals surface area contributed by atoms with Gasteiger partial charge in [0.1, 0.15) is 0 Å². The van der Waals surface area contributed by atoms with Gasteiger partial charge in [0.15, 0.2) is 11.0 Å². The van der Waals surface area contributed by atoms with E-state index in [1.54, 1.807) is 18.2 Å². The van der Waals surface area contributed by atoms with Crippen LogP contribution in [-0.2, 0) is 0 Å². The monoisotopic (exact) mass is 261 g/mol. The molecule has 1 N–H and O–H groups in total. The van der Waals surface area contributed by atoms with Crippen molar-refractivity contribution in [2.24, 2.45) is 0 Å². The minimum absolute atomic E-state index is 0.109. The Labute approximate surface area is 106 Å². The lowest BCUT2D eigenvalue weighted by Gasteiger charge is -2.04. The molecule has 0 fully saturated rings. The maximum absolute atomic E-state index is 11.7. The number of hydrogen-bond acceptors (Lipinski definition) is 5. The van der Waals surface area contributed by atoms with Crippen molar-refractivity contribution in [2.75, 3.05) is 5.75 Å². The highest BCUT2D eigenvalue weighted by Crippen LogP contribution is 2.30. The van der Waals surface area contributed by atoms with Crippen molar-refractivity contribution in [3.63, 3.8) is 0 Å². The number of carboxylic acids is 1. The number of carbonyl (C=O) groups is 2. The molecule has 6 nitrogen and oxygen atoms in total. The van der Waals surface area contributed by atoms with Crippen LogP contribution in [0.15, 0.2) is 29.4 Å². The van der Waals surface area contributed by atoms with Gasteiger partial charge in [-0.2, -0.15) is 0 Å². The van der Waals surface area contributed by atoms with Crippen LogP contribution in [0.3, 0.4) is 0 Å². The molecule has 1 aliphatic heterocycles. The largest absolute Gasteiger partial charge is 0.478 e. The summed E-state index contributed by atoms with van der Waals surface area (Å²) in [5.74, 6) is -0.582. The summed E-state index contributed by atoms with van der Waals surface area (Å²) in [5, 5.41) is 17.4. The minimum Gasteiger partial charge on any atom is -0.478 e. The van der Waals surface area contributed by atoms with Gasteiger partial charge in [0.2, 0.25) is 5.91 Å². The molecule has 0 radical (unpaired) electrons. The van der Waals surface area contributed by atoms with Crippen molar-refractivity contribution in [3.05, 3.63) is 29.8 Å². The van der Waals surface area contributed by atoms with Crippen LogP contribution >= 0.6 is 11.8 Å². The number of aromatic carboxylic acids is 1. The number of rotatable bonds is 2. The lowest BCUT2D eigenvalue weighted by Crippen LogP contribution is -2.10. The molecule has 1 aromatic heterocycles. The second-order valence-corrected chi connectivity index (χ2v) is 4.62. The summed E-state index contributed by atoms with van der Waals surface area (Å²) in [6.07, 6.45) is 0. The van der Waals surface area contributed by atoms with Crippen LogP contribution in [-0.4, -0.2) is 37.5 Å². The molecule has 0 amide bonds. The molecule has 7 heteroatoms. The zero-order valence-corrected chi connectivity index (χ0v) is 9.85. The molecule has 90 valence electrons. The van der Waals surface area contributed by atoms with Crippen LogP contribution < -0.4 is 0 Å². The summed E-state index contributed by atoms with van der Waals surface area (Å²) in [6.45, 7) is 0. The normalized spacial score (nSPS) is 13.7. The second kappa shape index (κ2) is 3.95. The quantitative estimate of drug-likeness (QED) is 0.879. The van der Waals surface area contributed by atoms with E-state index in [2.05, 4.69) is 10.2 Å². The Hall–Kier alpha value is -2.15. The number of benzene rings is 1. The molecule has 0 atom stereocenters. The van der Waals surface area contributed by atoms with E-state index in [1.165, 1.54) is 22.4 Å². The summed E-state index contributed by atoms with van der Waals surface area (Å²) >= 11 is 1.30. The van der Waals surface area contributed by atoms with E-state index < -0.39 is 5.97 Å². The van der Waals surface area contributed by atoms with Gasteiger partial charge in [-0.15, -0.1) is 10.2 Å². The number of fused-ring (bicyclic) bond motifs is 1. The Morgan fingerprint density at radius 1 is 1.33 bits per heavy atom. The number of hydrogen-bond donors (Lipinski definition) is 1. The number of carboxylic acid groups (broad SMARTS) is 1. The van der Waals surface area contributed by atoms with Crippen LogP contribution in [0.4, 0.5) is 0 Å². The van der Waals surface area contributed by atoms with E-state index in [4.69, 9.17) is 5.11 Å². The molecule has 0 saturated heterocycles. The molecular formula is C11H7N3O3S. The third-order valence-corrected chi connectivity index (χ3v) is 3.52. The summed E-state index contributed by atoms with van der Waals surface area (Å²) in [6, 6.07) is 6.43. The van der Waals surface area contributed by atoms with Crippen molar-refractivity contribution in [3.8, 4) is 11.4 Å². The van der Waals surface area contributed by atoms with E-state index in [9.17, 15) is 9.59 Å². The Balaban J connectivity index is 2.23. The number of aromatic nitrogens is 3. The standard InChI is InChI=1S/C11H7N3O3S/c15-8-5-18-11-13-12-9(14(8)11)6-3-1-2-4-7(6)10(16)17/h1-4H,5H2,(H,16,17). The summed E-state index contributed by atoms with van der Waals surface area (Å²) in [7, 11) is 0. The Morgan fingerprint density at radius 3 is 2.89 bits per heavy atom. The highest BCUT2D eigenvalue weighted by Gasteiger charge is 2.28. The number of nitrogens with zero attached hydrogens (tertiary/aromatic N) is 3. The van der Waals surface area contributed by atoms with Gasteiger partial charge >= 0.3 is 5.97 Å². The maximum atomic E-state index is 11.7. The van der Waals surface area contributed by atoms with Gasteiger partial charge in [-0.25, -0.2) is 9.36 Å². The van der Waals surface area contributed by atoms with Crippen molar-refractivity contribution in [2.45, 2.75) is 5.16 Å². The van der Waals surface area contributed by atoms with E-state index in [0.29, 0.717) is 16.5 Å². The average molecular weight is 261 g/mol. The first kappa shape index (κ1) is 11.0. The van der Waals surface area contributed by atoms with Gasteiger partial charge in [-0.1, -0.05) is 30.0 Å².